The van der Waals surface area contributed by atoms with Crippen LogP contribution < -0.4 is 0 Å². The molecule has 7 heteroatoms. The highest BCUT2D eigenvalue weighted by atomic mass is 16.5. The molecule has 0 radical (unpaired) electrons. The molecule has 0 aliphatic carbocycles. The number of hydrogen-bond donors (Lipinski definition) is 2. The Morgan fingerprint density at radius 3 is 2.59 bits per heavy atom. The predicted molar refractivity (Wildman–Crippen MR) is 77.5 cm³/mol. The topological polar surface area (TPSA) is 95.5 Å². The number of carboxylic acids is 1. The first kappa shape index (κ1) is 15.0. The number of ether oxygens (including phenoxy) is 1. The van der Waals surface area contributed by atoms with E-state index in [4.69, 9.17) is 9.84 Å². The van der Waals surface area contributed by atoms with Crippen molar-refractivity contribution in [3.8, 4) is 0 Å². The highest BCUT2D eigenvalue weighted by Gasteiger charge is 2.37. The molecule has 2 saturated heterocycles. The number of aliphatic carboxylic acids is 1. The minimum atomic E-state index is -0.871. The molecule has 1 aromatic rings. The lowest BCUT2D eigenvalue weighted by molar-refractivity contribution is -0.150. The number of amides is 1. The Morgan fingerprint density at radius 2 is 2.05 bits per heavy atom. The van der Waals surface area contributed by atoms with Crippen molar-refractivity contribution in [2.24, 2.45) is 5.92 Å². The van der Waals surface area contributed by atoms with E-state index in [9.17, 15) is 9.59 Å². The minimum absolute atomic E-state index is 0.0187. The van der Waals surface area contributed by atoms with Crippen LogP contribution in [0.4, 0.5) is 0 Å². The zero-order valence-corrected chi connectivity index (χ0v) is 12.6. The van der Waals surface area contributed by atoms with E-state index in [-0.39, 0.29) is 12.0 Å². The van der Waals surface area contributed by atoms with Crippen molar-refractivity contribution in [1.29, 1.82) is 0 Å². The highest BCUT2D eigenvalue weighted by Crippen LogP contribution is 2.32. The van der Waals surface area contributed by atoms with Gasteiger partial charge in [0.1, 0.15) is 11.5 Å². The van der Waals surface area contributed by atoms with Crippen molar-refractivity contribution in [3.05, 3.63) is 17.7 Å². The lowest BCUT2D eigenvalue weighted by atomic mass is 9.89. The number of nitrogens with one attached hydrogen (secondary N) is 1. The number of carboxylic acid groups (broad SMARTS) is 1. The molecule has 2 atom stereocenters. The summed E-state index contributed by atoms with van der Waals surface area (Å²) in [6.45, 7) is 3.18. The number of piperidine rings is 1. The third-order valence-corrected chi connectivity index (χ3v) is 4.61. The van der Waals surface area contributed by atoms with Gasteiger partial charge in [0.2, 0.25) is 0 Å². The summed E-state index contributed by atoms with van der Waals surface area (Å²) in [7, 11) is 0. The minimum Gasteiger partial charge on any atom is -0.479 e. The van der Waals surface area contributed by atoms with Crippen LogP contribution in [0.15, 0.2) is 6.20 Å². The number of aryl methyl sites for hydroxylation is 1. The van der Waals surface area contributed by atoms with Gasteiger partial charge in [-0.25, -0.2) is 9.78 Å². The number of carbonyl (C=O) groups is 2. The molecule has 0 saturated carbocycles. The molecular formula is C15H21N3O4. The first-order chi connectivity index (χ1) is 10.5. The molecule has 2 N–H and O–H groups in total. The summed E-state index contributed by atoms with van der Waals surface area (Å²) in [5, 5.41) is 8.98. The van der Waals surface area contributed by atoms with Crippen molar-refractivity contribution in [3.63, 3.8) is 0 Å². The van der Waals surface area contributed by atoms with E-state index >= 15 is 0 Å². The SMILES string of the molecule is Cc1ncc(C(=O)N2CCC([C@@H]3CC[C@H](C(=O)O)O3)CC2)[nH]1. The molecule has 1 amide bonds. The third kappa shape index (κ3) is 2.99. The van der Waals surface area contributed by atoms with Gasteiger partial charge in [-0.1, -0.05) is 0 Å². The maximum absolute atomic E-state index is 12.3. The van der Waals surface area contributed by atoms with Crippen molar-refractivity contribution in [2.45, 2.75) is 44.8 Å². The lowest BCUT2D eigenvalue weighted by Gasteiger charge is -2.34. The zero-order chi connectivity index (χ0) is 15.7. The molecule has 120 valence electrons. The fraction of sp³-hybridized carbons (Fsp3) is 0.667. The average Bonchev–Trinajstić information content (AvgIpc) is 3.16. The molecule has 3 rings (SSSR count). The highest BCUT2D eigenvalue weighted by molar-refractivity contribution is 5.92. The molecule has 7 nitrogen and oxygen atoms in total. The largest absolute Gasteiger partial charge is 0.479 e. The first-order valence-electron chi connectivity index (χ1n) is 7.73. The van der Waals surface area contributed by atoms with Crippen molar-refractivity contribution in [2.75, 3.05) is 13.1 Å². The summed E-state index contributed by atoms with van der Waals surface area (Å²) in [6.07, 6.45) is 4.04. The van der Waals surface area contributed by atoms with Gasteiger partial charge in [0.05, 0.1) is 12.3 Å². The normalized spacial score (nSPS) is 26.3. The Balaban J connectivity index is 1.52. The summed E-state index contributed by atoms with van der Waals surface area (Å²) in [5.74, 6) is 0.189. The number of rotatable bonds is 3. The van der Waals surface area contributed by atoms with E-state index in [0.29, 0.717) is 31.1 Å². The van der Waals surface area contributed by atoms with Gasteiger partial charge in [-0.3, -0.25) is 4.79 Å². The van der Waals surface area contributed by atoms with Crippen LogP contribution in [0, 0.1) is 12.8 Å². The number of H-pyrrole nitrogens is 1. The molecule has 0 spiro atoms. The molecule has 2 aliphatic heterocycles. The second-order valence-corrected chi connectivity index (χ2v) is 6.09. The number of likely N-dealkylation sites (tertiary alicyclic amines) is 1. The van der Waals surface area contributed by atoms with Crippen LogP contribution in [0.5, 0.6) is 0 Å². The van der Waals surface area contributed by atoms with Crippen molar-refractivity contribution < 1.29 is 19.4 Å². The Bertz CT molecular complexity index is 563. The number of carbonyl (C=O) groups excluding carboxylic acids is 1. The van der Waals surface area contributed by atoms with Crippen molar-refractivity contribution >= 4 is 11.9 Å². The number of imidazole rings is 1. The predicted octanol–water partition coefficient (Wildman–Crippen LogP) is 1.20. The fourth-order valence-corrected chi connectivity index (χ4v) is 3.37. The van der Waals surface area contributed by atoms with Gasteiger partial charge in [-0.05, 0) is 38.5 Å². The van der Waals surface area contributed by atoms with E-state index in [0.717, 1.165) is 25.1 Å². The van der Waals surface area contributed by atoms with Gasteiger partial charge < -0.3 is 19.7 Å². The number of hydrogen-bond acceptors (Lipinski definition) is 4. The summed E-state index contributed by atoms with van der Waals surface area (Å²) in [6, 6.07) is 0. The molecule has 2 fully saturated rings. The van der Waals surface area contributed by atoms with E-state index < -0.39 is 12.1 Å². The Labute approximate surface area is 128 Å². The van der Waals surface area contributed by atoms with Gasteiger partial charge in [0.25, 0.3) is 5.91 Å². The quantitative estimate of drug-likeness (QED) is 0.875. The van der Waals surface area contributed by atoms with E-state index in [2.05, 4.69) is 9.97 Å². The van der Waals surface area contributed by atoms with Crippen LogP contribution in [0.25, 0.3) is 0 Å². The lowest BCUT2D eigenvalue weighted by Crippen LogP contribution is -2.41. The van der Waals surface area contributed by atoms with E-state index in [1.54, 1.807) is 6.20 Å². The molecular weight excluding hydrogens is 286 g/mol. The summed E-state index contributed by atoms with van der Waals surface area (Å²) in [5.41, 5.74) is 0.527. The standard InChI is InChI=1S/C15H21N3O4/c1-9-16-8-11(17-9)14(19)18-6-4-10(5-7-18)12-2-3-13(22-12)15(20)21/h8,10,12-13H,2-7H2,1H3,(H,16,17)(H,20,21)/t12-,13+/m0/s1. The van der Waals surface area contributed by atoms with Gasteiger partial charge >= 0.3 is 5.97 Å². The third-order valence-electron chi connectivity index (χ3n) is 4.61. The molecule has 2 aliphatic rings. The monoisotopic (exact) mass is 307 g/mol. The smallest absolute Gasteiger partial charge is 0.332 e. The van der Waals surface area contributed by atoms with Crippen LogP contribution in [0.2, 0.25) is 0 Å². The van der Waals surface area contributed by atoms with Crippen LogP contribution in [0.3, 0.4) is 0 Å². The number of aromatic amines is 1. The summed E-state index contributed by atoms with van der Waals surface area (Å²) >= 11 is 0. The van der Waals surface area contributed by atoms with Gasteiger partial charge in [-0.2, -0.15) is 0 Å². The maximum atomic E-state index is 12.3. The van der Waals surface area contributed by atoms with Crippen LogP contribution in [-0.2, 0) is 9.53 Å². The maximum Gasteiger partial charge on any atom is 0.332 e. The number of nitrogens with zero attached hydrogens (tertiary/aromatic N) is 2. The molecule has 3 heterocycles. The van der Waals surface area contributed by atoms with Gasteiger partial charge in [0.15, 0.2) is 6.10 Å². The molecule has 0 bridgehead atoms. The average molecular weight is 307 g/mol. The van der Waals surface area contributed by atoms with Crippen LogP contribution in [-0.4, -0.2) is 57.1 Å². The molecule has 1 aromatic heterocycles. The molecule has 0 unspecified atom stereocenters. The number of aromatic nitrogens is 2. The second kappa shape index (κ2) is 6.08. The first-order valence-corrected chi connectivity index (χ1v) is 7.73. The van der Waals surface area contributed by atoms with Gasteiger partial charge in [0, 0.05) is 13.1 Å². The molecule has 22 heavy (non-hydrogen) atoms. The van der Waals surface area contributed by atoms with E-state index in [1.807, 2.05) is 11.8 Å². The zero-order valence-electron chi connectivity index (χ0n) is 12.6. The Hall–Kier alpha value is -1.89. The van der Waals surface area contributed by atoms with Crippen LogP contribution >= 0.6 is 0 Å². The fourth-order valence-electron chi connectivity index (χ4n) is 3.37. The van der Waals surface area contributed by atoms with Gasteiger partial charge in [-0.15, -0.1) is 0 Å². The Morgan fingerprint density at radius 1 is 1.32 bits per heavy atom. The van der Waals surface area contributed by atoms with Crippen LogP contribution in [0.1, 0.15) is 42.0 Å². The van der Waals surface area contributed by atoms with E-state index in [1.165, 1.54) is 0 Å². The Kier molecular flexibility index (Phi) is 4.15. The molecule has 0 aromatic carbocycles. The summed E-state index contributed by atoms with van der Waals surface area (Å²) < 4.78 is 5.63. The van der Waals surface area contributed by atoms with Crippen molar-refractivity contribution in [1.82, 2.24) is 14.9 Å². The summed E-state index contributed by atoms with van der Waals surface area (Å²) in [4.78, 5) is 32.1. The second-order valence-electron chi connectivity index (χ2n) is 6.09.